The molecule has 138 valence electrons. The van der Waals surface area contributed by atoms with Gasteiger partial charge in [0.25, 0.3) is 0 Å². The number of nitrogens with two attached hydrogens (primary N) is 1. The SMILES string of the molecule is Nc1ncncc1-c1noc(C2CCCN2Cc2ccc3c(c2)OCO3)n1. The maximum absolute atomic E-state index is 5.88. The van der Waals surface area contributed by atoms with Gasteiger partial charge >= 0.3 is 0 Å². The van der Waals surface area contributed by atoms with E-state index in [4.69, 9.17) is 19.7 Å². The second kappa shape index (κ2) is 6.51. The minimum atomic E-state index is 0.0718. The quantitative estimate of drug-likeness (QED) is 0.742. The third kappa shape index (κ3) is 2.95. The van der Waals surface area contributed by atoms with Crippen LogP contribution >= 0.6 is 0 Å². The lowest BCUT2D eigenvalue weighted by atomic mass is 10.1. The molecule has 2 aliphatic heterocycles. The van der Waals surface area contributed by atoms with Gasteiger partial charge in [-0.15, -0.1) is 0 Å². The lowest BCUT2D eigenvalue weighted by Crippen LogP contribution is -2.23. The maximum Gasteiger partial charge on any atom is 0.244 e. The highest BCUT2D eigenvalue weighted by atomic mass is 16.7. The molecule has 9 heteroatoms. The molecule has 2 aliphatic rings. The number of ether oxygens (including phenoxy) is 2. The molecule has 1 aromatic carbocycles. The van der Waals surface area contributed by atoms with Gasteiger partial charge in [-0.25, -0.2) is 9.97 Å². The Morgan fingerprint density at radius 1 is 1.22 bits per heavy atom. The van der Waals surface area contributed by atoms with Crippen LogP contribution in [0.4, 0.5) is 5.82 Å². The molecule has 1 atom stereocenters. The summed E-state index contributed by atoms with van der Waals surface area (Å²) in [6.45, 7) is 2.02. The number of benzene rings is 1. The zero-order valence-electron chi connectivity index (χ0n) is 14.5. The van der Waals surface area contributed by atoms with Gasteiger partial charge < -0.3 is 19.7 Å². The van der Waals surface area contributed by atoms with Crippen LogP contribution in [-0.2, 0) is 6.54 Å². The van der Waals surface area contributed by atoms with Gasteiger partial charge in [-0.05, 0) is 37.1 Å². The molecule has 2 aromatic heterocycles. The Bertz CT molecular complexity index is 975. The number of nitrogen functional groups attached to an aromatic ring is 1. The van der Waals surface area contributed by atoms with E-state index in [9.17, 15) is 0 Å². The summed E-state index contributed by atoms with van der Waals surface area (Å²) in [5.41, 5.74) is 7.62. The number of aromatic nitrogens is 4. The van der Waals surface area contributed by atoms with Crippen LogP contribution in [0.5, 0.6) is 11.5 Å². The van der Waals surface area contributed by atoms with Crippen molar-refractivity contribution in [3.63, 3.8) is 0 Å². The summed E-state index contributed by atoms with van der Waals surface area (Å²) in [6, 6.07) is 6.11. The Balaban J connectivity index is 1.36. The molecule has 3 aromatic rings. The van der Waals surface area contributed by atoms with Gasteiger partial charge in [-0.3, -0.25) is 4.90 Å². The molecule has 1 saturated heterocycles. The molecule has 0 amide bonds. The predicted molar refractivity (Wildman–Crippen MR) is 94.7 cm³/mol. The first-order valence-electron chi connectivity index (χ1n) is 8.80. The highest BCUT2D eigenvalue weighted by molar-refractivity contribution is 5.66. The summed E-state index contributed by atoms with van der Waals surface area (Å²) in [5, 5.41) is 4.07. The molecule has 27 heavy (non-hydrogen) atoms. The smallest absolute Gasteiger partial charge is 0.244 e. The first-order valence-corrected chi connectivity index (χ1v) is 8.80. The van der Waals surface area contributed by atoms with E-state index in [1.807, 2.05) is 12.1 Å². The molecule has 0 aliphatic carbocycles. The van der Waals surface area contributed by atoms with Gasteiger partial charge in [0, 0.05) is 12.7 Å². The molecule has 0 bridgehead atoms. The largest absolute Gasteiger partial charge is 0.454 e. The topological polar surface area (TPSA) is 112 Å². The van der Waals surface area contributed by atoms with Crippen LogP contribution in [0, 0.1) is 0 Å². The Kier molecular flexibility index (Phi) is 3.86. The van der Waals surface area contributed by atoms with Gasteiger partial charge in [-0.2, -0.15) is 4.98 Å². The standard InChI is InChI=1S/C18H18N6O3/c19-16-12(7-20-9-21-16)17-22-18(27-23-17)13-2-1-5-24(13)8-11-3-4-14-15(6-11)26-10-25-14/h3-4,6-7,9,13H,1-2,5,8,10H2,(H2,19,20,21). The molecular weight excluding hydrogens is 348 g/mol. The molecular formula is C18H18N6O3. The Morgan fingerprint density at radius 3 is 3.07 bits per heavy atom. The average Bonchev–Trinajstić information content (AvgIpc) is 3.42. The highest BCUT2D eigenvalue weighted by Crippen LogP contribution is 2.36. The summed E-state index contributed by atoms with van der Waals surface area (Å²) in [7, 11) is 0. The van der Waals surface area contributed by atoms with Crippen LogP contribution in [0.2, 0.25) is 0 Å². The molecule has 4 heterocycles. The minimum Gasteiger partial charge on any atom is -0.454 e. The summed E-state index contributed by atoms with van der Waals surface area (Å²) < 4.78 is 16.4. The van der Waals surface area contributed by atoms with Crippen molar-refractivity contribution in [3.05, 3.63) is 42.2 Å². The van der Waals surface area contributed by atoms with Gasteiger partial charge in [0.05, 0.1) is 11.6 Å². The van der Waals surface area contributed by atoms with Gasteiger partial charge in [-0.1, -0.05) is 11.2 Å². The first-order chi connectivity index (χ1) is 13.3. The van der Waals surface area contributed by atoms with Crippen molar-refractivity contribution in [2.24, 2.45) is 0 Å². The van der Waals surface area contributed by atoms with E-state index in [0.717, 1.165) is 43.0 Å². The number of likely N-dealkylation sites (tertiary alicyclic amines) is 1. The van der Waals surface area contributed by atoms with Crippen molar-refractivity contribution in [1.29, 1.82) is 0 Å². The second-order valence-electron chi connectivity index (χ2n) is 6.59. The predicted octanol–water partition coefficient (Wildman–Crippen LogP) is 2.17. The van der Waals surface area contributed by atoms with Crippen molar-refractivity contribution >= 4 is 5.82 Å². The fraction of sp³-hybridized carbons (Fsp3) is 0.333. The Morgan fingerprint density at radius 2 is 2.15 bits per heavy atom. The monoisotopic (exact) mass is 366 g/mol. The third-order valence-electron chi connectivity index (χ3n) is 4.90. The van der Waals surface area contributed by atoms with Gasteiger partial charge in [0.1, 0.15) is 12.1 Å². The molecule has 1 fully saturated rings. The van der Waals surface area contributed by atoms with E-state index in [1.54, 1.807) is 6.20 Å². The van der Waals surface area contributed by atoms with Gasteiger partial charge in [0.2, 0.25) is 18.5 Å². The Hall–Kier alpha value is -3.20. The number of nitrogens with zero attached hydrogens (tertiary/aromatic N) is 5. The summed E-state index contributed by atoms with van der Waals surface area (Å²) in [4.78, 5) is 14.8. The fourth-order valence-electron chi connectivity index (χ4n) is 3.56. The van der Waals surface area contributed by atoms with Crippen LogP contribution in [0.15, 0.2) is 35.2 Å². The van der Waals surface area contributed by atoms with E-state index in [1.165, 1.54) is 6.33 Å². The number of anilines is 1. The first kappa shape index (κ1) is 16.0. The minimum absolute atomic E-state index is 0.0718. The molecule has 5 rings (SSSR count). The number of rotatable bonds is 4. The van der Waals surface area contributed by atoms with Crippen LogP contribution in [0.1, 0.15) is 30.3 Å². The molecule has 2 N–H and O–H groups in total. The summed E-state index contributed by atoms with van der Waals surface area (Å²) in [5.74, 6) is 2.93. The van der Waals surface area contributed by atoms with Crippen LogP contribution in [0.3, 0.4) is 0 Å². The molecule has 0 saturated carbocycles. The fourth-order valence-corrected chi connectivity index (χ4v) is 3.56. The van der Waals surface area contributed by atoms with E-state index in [2.05, 4.69) is 31.1 Å². The lowest BCUT2D eigenvalue weighted by molar-refractivity contribution is 0.173. The average molecular weight is 366 g/mol. The van der Waals surface area contributed by atoms with Crippen LogP contribution in [0.25, 0.3) is 11.4 Å². The number of fused-ring (bicyclic) bond motifs is 1. The van der Waals surface area contributed by atoms with E-state index in [0.29, 0.717) is 23.1 Å². The summed E-state index contributed by atoms with van der Waals surface area (Å²) in [6.07, 6.45) is 5.02. The molecule has 9 nitrogen and oxygen atoms in total. The van der Waals surface area contributed by atoms with Crippen LogP contribution in [-0.4, -0.2) is 38.3 Å². The van der Waals surface area contributed by atoms with Crippen molar-refractivity contribution in [2.75, 3.05) is 19.1 Å². The van der Waals surface area contributed by atoms with Crippen molar-refractivity contribution in [2.45, 2.75) is 25.4 Å². The van der Waals surface area contributed by atoms with E-state index in [-0.39, 0.29) is 12.8 Å². The lowest BCUT2D eigenvalue weighted by Gasteiger charge is -2.21. The van der Waals surface area contributed by atoms with E-state index < -0.39 is 0 Å². The normalized spacial score (nSPS) is 18.9. The molecule has 0 spiro atoms. The highest BCUT2D eigenvalue weighted by Gasteiger charge is 2.31. The van der Waals surface area contributed by atoms with E-state index >= 15 is 0 Å². The Labute approximate surface area is 155 Å². The number of hydrogen-bond donors (Lipinski definition) is 1. The number of hydrogen-bond acceptors (Lipinski definition) is 9. The maximum atomic E-state index is 5.88. The van der Waals surface area contributed by atoms with Crippen molar-refractivity contribution in [1.82, 2.24) is 25.0 Å². The summed E-state index contributed by atoms with van der Waals surface area (Å²) >= 11 is 0. The zero-order valence-corrected chi connectivity index (χ0v) is 14.5. The zero-order chi connectivity index (χ0) is 18.2. The third-order valence-corrected chi connectivity index (χ3v) is 4.90. The van der Waals surface area contributed by atoms with Crippen LogP contribution < -0.4 is 15.2 Å². The molecule has 0 radical (unpaired) electrons. The molecule has 1 unspecified atom stereocenters. The second-order valence-corrected chi connectivity index (χ2v) is 6.59. The van der Waals surface area contributed by atoms with Crippen molar-refractivity contribution < 1.29 is 14.0 Å². The van der Waals surface area contributed by atoms with Gasteiger partial charge in [0.15, 0.2) is 11.5 Å². The van der Waals surface area contributed by atoms with Crippen molar-refractivity contribution in [3.8, 4) is 22.9 Å².